The summed E-state index contributed by atoms with van der Waals surface area (Å²) < 4.78 is 37.4. The number of halogens is 3. The Kier molecular flexibility index (Phi) is 1.92. The summed E-state index contributed by atoms with van der Waals surface area (Å²) >= 11 is 0. The summed E-state index contributed by atoms with van der Waals surface area (Å²) in [5.74, 6) is -2.92. The average Bonchev–Trinajstić information content (AvgIpc) is 1.54. The minimum Gasteiger partial charge on any atom is -0.247 e. The largest absolute Gasteiger partial charge is 0.251 e. The third-order valence-corrected chi connectivity index (χ3v) is 1.83. The highest BCUT2D eigenvalue weighted by molar-refractivity contribution is 4.81. The van der Waals surface area contributed by atoms with E-state index in [0.717, 1.165) is 0 Å². The molecular formula is C7H11F3. The smallest absolute Gasteiger partial charge is 0.247 e. The van der Waals surface area contributed by atoms with Crippen molar-refractivity contribution >= 4 is 0 Å². The Morgan fingerprint density at radius 2 is 1.90 bits per heavy atom. The Hall–Kier alpha value is -0.210. The van der Waals surface area contributed by atoms with Crippen LogP contribution in [0.25, 0.3) is 0 Å². The fourth-order valence-electron chi connectivity index (χ4n) is 1.52. The Morgan fingerprint density at radius 1 is 1.30 bits per heavy atom. The van der Waals surface area contributed by atoms with E-state index in [2.05, 4.69) is 0 Å². The molecule has 1 aliphatic rings. The Morgan fingerprint density at radius 3 is 2.30 bits per heavy atom. The van der Waals surface area contributed by atoms with Crippen molar-refractivity contribution in [3.05, 3.63) is 0 Å². The Bertz CT molecular complexity index is 110. The van der Waals surface area contributed by atoms with Crippen molar-refractivity contribution in [3.8, 4) is 0 Å². The van der Waals surface area contributed by atoms with Crippen LogP contribution in [0.5, 0.6) is 0 Å². The lowest BCUT2D eigenvalue weighted by Gasteiger charge is -2.28. The monoisotopic (exact) mass is 152 g/mol. The molecule has 1 saturated carbocycles. The molecule has 60 valence electrons. The number of rotatable bonds is 0. The van der Waals surface area contributed by atoms with Gasteiger partial charge in [-0.1, -0.05) is 6.92 Å². The van der Waals surface area contributed by atoms with Crippen LogP contribution < -0.4 is 0 Å². The molecule has 0 amide bonds. The maximum atomic E-state index is 12.5. The predicted molar refractivity (Wildman–Crippen MR) is 32.9 cm³/mol. The van der Waals surface area contributed by atoms with Gasteiger partial charge >= 0.3 is 0 Å². The Labute approximate surface area is 58.4 Å². The molecule has 0 bridgehead atoms. The molecular weight excluding hydrogens is 141 g/mol. The lowest BCUT2D eigenvalue weighted by atomic mass is 9.87. The number of hydrogen-bond donors (Lipinski definition) is 0. The van der Waals surface area contributed by atoms with Gasteiger partial charge in [0.1, 0.15) is 6.17 Å². The van der Waals surface area contributed by atoms with Gasteiger partial charge < -0.3 is 0 Å². The zero-order valence-electron chi connectivity index (χ0n) is 5.91. The maximum Gasteiger partial charge on any atom is 0.251 e. The number of alkyl halides is 3. The third-order valence-electron chi connectivity index (χ3n) is 1.83. The van der Waals surface area contributed by atoms with Crippen LogP contribution in [0.2, 0.25) is 0 Å². The van der Waals surface area contributed by atoms with Crippen molar-refractivity contribution in [2.45, 2.75) is 38.3 Å². The van der Waals surface area contributed by atoms with E-state index >= 15 is 0 Å². The quantitative estimate of drug-likeness (QED) is 0.500. The van der Waals surface area contributed by atoms with Gasteiger partial charge in [0, 0.05) is 12.8 Å². The molecule has 2 atom stereocenters. The van der Waals surface area contributed by atoms with E-state index in [9.17, 15) is 13.2 Å². The van der Waals surface area contributed by atoms with Gasteiger partial charge in [-0.25, -0.2) is 13.2 Å². The second-order valence-corrected chi connectivity index (χ2v) is 3.20. The van der Waals surface area contributed by atoms with Crippen molar-refractivity contribution in [2.24, 2.45) is 5.92 Å². The van der Waals surface area contributed by atoms with Crippen LogP contribution in [0.4, 0.5) is 13.2 Å². The van der Waals surface area contributed by atoms with Crippen LogP contribution in [0.15, 0.2) is 0 Å². The van der Waals surface area contributed by atoms with Crippen molar-refractivity contribution < 1.29 is 13.2 Å². The zero-order chi connectivity index (χ0) is 7.78. The molecule has 1 fully saturated rings. The van der Waals surface area contributed by atoms with Gasteiger partial charge in [-0.3, -0.25) is 0 Å². The van der Waals surface area contributed by atoms with Crippen LogP contribution in [-0.4, -0.2) is 12.1 Å². The maximum absolute atomic E-state index is 12.5. The first-order chi connectivity index (χ1) is 4.49. The lowest BCUT2D eigenvalue weighted by Crippen LogP contribution is -2.31. The van der Waals surface area contributed by atoms with Gasteiger partial charge in [-0.05, 0) is 12.3 Å². The van der Waals surface area contributed by atoms with Crippen LogP contribution in [-0.2, 0) is 0 Å². The Balaban J connectivity index is 2.51. The third kappa shape index (κ3) is 1.89. The van der Waals surface area contributed by atoms with Gasteiger partial charge in [0.25, 0.3) is 5.92 Å². The average molecular weight is 152 g/mol. The van der Waals surface area contributed by atoms with Crippen molar-refractivity contribution in [1.82, 2.24) is 0 Å². The van der Waals surface area contributed by atoms with Crippen molar-refractivity contribution in [2.75, 3.05) is 0 Å². The first-order valence-corrected chi connectivity index (χ1v) is 3.51. The highest BCUT2D eigenvalue weighted by Crippen LogP contribution is 2.37. The summed E-state index contributed by atoms with van der Waals surface area (Å²) in [5.41, 5.74) is 0. The van der Waals surface area contributed by atoms with Crippen LogP contribution >= 0.6 is 0 Å². The molecule has 0 heterocycles. The molecule has 0 aromatic carbocycles. The van der Waals surface area contributed by atoms with Gasteiger partial charge in [0.15, 0.2) is 0 Å². The molecule has 1 rings (SSSR count). The fraction of sp³-hybridized carbons (Fsp3) is 1.00. The minimum absolute atomic E-state index is 0.145. The highest BCUT2D eigenvalue weighted by Gasteiger charge is 2.39. The molecule has 0 spiro atoms. The minimum atomic E-state index is -2.75. The summed E-state index contributed by atoms with van der Waals surface area (Å²) in [6.45, 7) is 1.67. The van der Waals surface area contributed by atoms with E-state index in [4.69, 9.17) is 0 Å². The standard InChI is InChI=1S/C7H11F3/c1-5-2-6(8)4-7(9,10)3-5/h5-6H,2-4H2,1H3. The molecule has 2 unspecified atom stereocenters. The van der Waals surface area contributed by atoms with Crippen LogP contribution in [0.3, 0.4) is 0 Å². The molecule has 10 heavy (non-hydrogen) atoms. The molecule has 0 saturated heterocycles. The molecule has 3 heteroatoms. The molecule has 0 aromatic heterocycles. The normalized spacial score (nSPS) is 39.6. The van der Waals surface area contributed by atoms with Crippen molar-refractivity contribution in [3.63, 3.8) is 0 Å². The SMILES string of the molecule is CC1CC(F)CC(F)(F)C1. The van der Waals surface area contributed by atoms with E-state index < -0.39 is 18.5 Å². The summed E-state index contributed by atoms with van der Waals surface area (Å²) in [4.78, 5) is 0. The van der Waals surface area contributed by atoms with E-state index in [1.807, 2.05) is 0 Å². The molecule has 0 nitrogen and oxygen atoms in total. The molecule has 0 aromatic rings. The molecule has 0 aliphatic heterocycles. The van der Waals surface area contributed by atoms with E-state index in [0.29, 0.717) is 6.42 Å². The van der Waals surface area contributed by atoms with Crippen LogP contribution in [0.1, 0.15) is 26.2 Å². The fourth-order valence-corrected chi connectivity index (χ4v) is 1.52. The summed E-state index contributed by atoms with van der Waals surface area (Å²) in [6.07, 6.45) is -1.71. The van der Waals surface area contributed by atoms with Crippen LogP contribution in [0, 0.1) is 5.92 Å². The van der Waals surface area contributed by atoms with Gasteiger partial charge in [-0.2, -0.15) is 0 Å². The predicted octanol–water partition coefficient (Wildman–Crippen LogP) is 2.78. The van der Waals surface area contributed by atoms with Gasteiger partial charge in [0.2, 0.25) is 0 Å². The molecule has 1 aliphatic carbocycles. The molecule has 0 N–H and O–H groups in total. The zero-order valence-corrected chi connectivity index (χ0v) is 5.91. The second kappa shape index (κ2) is 2.44. The van der Waals surface area contributed by atoms with E-state index in [1.165, 1.54) is 0 Å². The topological polar surface area (TPSA) is 0 Å². The van der Waals surface area contributed by atoms with Gasteiger partial charge in [-0.15, -0.1) is 0 Å². The first-order valence-electron chi connectivity index (χ1n) is 3.51. The second-order valence-electron chi connectivity index (χ2n) is 3.20. The van der Waals surface area contributed by atoms with Gasteiger partial charge in [0.05, 0.1) is 0 Å². The first kappa shape index (κ1) is 7.89. The highest BCUT2D eigenvalue weighted by atomic mass is 19.3. The number of hydrogen-bond acceptors (Lipinski definition) is 0. The lowest BCUT2D eigenvalue weighted by molar-refractivity contribution is -0.0744. The van der Waals surface area contributed by atoms with E-state index in [1.54, 1.807) is 6.92 Å². The summed E-state index contributed by atoms with van der Waals surface area (Å²) in [6, 6.07) is 0. The van der Waals surface area contributed by atoms with Crippen molar-refractivity contribution in [1.29, 1.82) is 0 Å². The van der Waals surface area contributed by atoms with E-state index in [-0.39, 0.29) is 12.3 Å². The summed E-state index contributed by atoms with van der Waals surface area (Å²) in [7, 11) is 0. The molecule has 0 radical (unpaired) electrons. The summed E-state index contributed by atoms with van der Waals surface area (Å²) in [5, 5.41) is 0.